The summed E-state index contributed by atoms with van der Waals surface area (Å²) in [5, 5.41) is 15.3. The van der Waals surface area contributed by atoms with Gasteiger partial charge in [-0.05, 0) is 61.6 Å². The number of halogens is 3. The Labute approximate surface area is 255 Å². The predicted octanol–water partition coefficient (Wildman–Crippen LogP) is 5.27. The number of fused-ring (bicyclic) bond motifs is 1. The Morgan fingerprint density at radius 2 is 1.88 bits per heavy atom. The molecule has 12 heteroatoms. The zero-order valence-corrected chi connectivity index (χ0v) is 24.8. The lowest BCUT2D eigenvalue weighted by atomic mass is 9.93. The van der Waals surface area contributed by atoms with Gasteiger partial charge in [0, 0.05) is 49.0 Å². The van der Waals surface area contributed by atoms with E-state index in [1.807, 2.05) is 28.9 Å². The molecule has 2 aliphatic heterocycles. The summed E-state index contributed by atoms with van der Waals surface area (Å²) in [5.74, 6) is 1.55. The number of nitriles is 1. The third-order valence-electron chi connectivity index (χ3n) is 7.60. The van der Waals surface area contributed by atoms with Crippen LogP contribution in [0.4, 0.5) is 11.6 Å². The summed E-state index contributed by atoms with van der Waals surface area (Å²) in [5.41, 5.74) is 10.8. The number of rotatable bonds is 6. The molecule has 2 N–H and O–H groups in total. The second kappa shape index (κ2) is 12.8. The van der Waals surface area contributed by atoms with Gasteiger partial charge in [-0.3, -0.25) is 4.90 Å². The summed E-state index contributed by atoms with van der Waals surface area (Å²) < 4.78 is 7.45. The molecule has 0 saturated carbocycles. The van der Waals surface area contributed by atoms with Crippen molar-refractivity contribution >= 4 is 52.8 Å². The van der Waals surface area contributed by atoms with Gasteiger partial charge >= 0.3 is 0 Å². The first-order valence-corrected chi connectivity index (χ1v) is 14.3. The van der Waals surface area contributed by atoms with Gasteiger partial charge in [0.2, 0.25) is 0 Å². The molecule has 9 nitrogen and oxygen atoms in total. The van der Waals surface area contributed by atoms with Gasteiger partial charge in [0.25, 0.3) is 0 Å². The van der Waals surface area contributed by atoms with E-state index >= 15 is 0 Å². The van der Waals surface area contributed by atoms with Gasteiger partial charge in [0.1, 0.15) is 17.4 Å². The van der Waals surface area contributed by atoms with Crippen molar-refractivity contribution in [2.24, 2.45) is 5.92 Å². The molecule has 0 amide bonds. The van der Waals surface area contributed by atoms with Crippen molar-refractivity contribution in [3.8, 4) is 17.3 Å². The SMILES string of the molecule is Cl.N#Cc1ccc(CC2CCCN(c3nc(-c4ccc(Cl)cc4Cl)cn4nc(CN5CCOCC5)cc34)C2)nc1N. The van der Waals surface area contributed by atoms with Crippen LogP contribution in [0, 0.1) is 17.2 Å². The van der Waals surface area contributed by atoms with Crippen LogP contribution in [0.1, 0.15) is 29.8 Å². The molecule has 2 saturated heterocycles. The lowest BCUT2D eigenvalue weighted by Crippen LogP contribution is -2.37. The van der Waals surface area contributed by atoms with Crippen molar-refractivity contribution in [1.29, 1.82) is 5.26 Å². The molecule has 0 radical (unpaired) electrons. The van der Waals surface area contributed by atoms with E-state index in [0.717, 1.165) is 99.2 Å². The summed E-state index contributed by atoms with van der Waals surface area (Å²) in [7, 11) is 0. The van der Waals surface area contributed by atoms with E-state index in [1.165, 1.54) is 0 Å². The number of anilines is 2. The number of ether oxygens (including phenoxy) is 1. The number of benzene rings is 1. The van der Waals surface area contributed by atoms with E-state index < -0.39 is 0 Å². The number of morpholine rings is 1. The molecule has 2 fully saturated rings. The third-order valence-corrected chi connectivity index (χ3v) is 8.15. The van der Waals surface area contributed by atoms with E-state index in [0.29, 0.717) is 21.5 Å². The van der Waals surface area contributed by atoms with Crippen LogP contribution in [0.5, 0.6) is 0 Å². The van der Waals surface area contributed by atoms with Crippen LogP contribution < -0.4 is 10.6 Å². The number of hydrogen-bond donors (Lipinski definition) is 1. The number of hydrogen-bond acceptors (Lipinski definition) is 8. The van der Waals surface area contributed by atoms with Gasteiger partial charge in [-0.25, -0.2) is 14.5 Å². The highest BCUT2D eigenvalue weighted by molar-refractivity contribution is 6.36. The Morgan fingerprint density at radius 3 is 2.63 bits per heavy atom. The van der Waals surface area contributed by atoms with Gasteiger partial charge in [-0.15, -0.1) is 12.4 Å². The lowest BCUT2D eigenvalue weighted by molar-refractivity contribution is 0.0336. The van der Waals surface area contributed by atoms with Crippen LogP contribution in [0.25, 0.3) is 16.8 Å². The Kier molecular flexibility index (Phi) is 9.17. The zero-order chi connectivity index (χ0) is 27.6. The monoisotopic (exact) mass is 612 g/mol. The zero-order valence-electron chi connectivity index (χ0n) is 22.5. The van der Waals surface area contributed by atoms with E-state index in [1.54, 1.807) is 12.1 Å². The van der Waals surface area contributed by atoms with Gasteiger partial charge < -0.3 is 15.4 Å². The minimum absolute atomic E-state index is 0. The van der Waals surface area contributed by atoms with Crippen LogP contribution >= 0.6 is 35.6 Å². The molecule has 6 rings (SSSR count). The fourth-order valence-corrected chi connectivity index (χ4v) is 6.10. The molecule has 0 bridgehead atoms. The summed E-state index contributed by atoms with van der Waals surface area (Å²) >= 11 is 12.8. The van der Waals surface area contributed by atoms with E-state index in [-0.39, 0.29) is 18.2 Å². The first-order chi connectivity index (χ1) is 19.5. The average Bonchev–Trinajstić information content (AvgIpc) is 3.35. The Hall–Kier alpha value is -3.13. The average molecular weight is 614 g/mol. The van der Waals surface area contributed by atoms with Gasteiger partial charge in [-0.1, -0.05) is 23.2 Å². The van der Waals surface area contributed by atoms with Crippen LogP contribution in [-0.2, 0) is 17.7 Å². The highest BCUT2D eigenvalue weighted by Gasteiger charge is 2.25. The molecule has 1 atom stereocenters. The van der Waals surface area contributed by atoms with Crippen molar-refractivity contribution < 1.29 is 4.74 Å². The lowest BCUT2D eigenvalue weighted by Gasteiger charge is -2.34. The van der Waals surface area contributed by atoms with E-state index in [2.05, 4.69) is 26.9 Å². The summed E-state index contributed by atoms with van der Waals surface area (Å²) in [4.78, 5) is 14.4. The van der Waals surface area contributed by atoms with Crippen molar-refractivity contribution in [2.75, 3.05) is 50.0 Å². The molecule has 0 aliphatic carbocycles. The molecular formula is C29H31Cl3N8O. The molecule has 214 valence electrons. The maximum Gasteiger partial charge on any atom is 0.155 e. The van der Waals surface area contributed by atoms with Crippen molar-refractivity contribution in [2.45, 2.75) is 25.8 Å². The fraction of sp³-hybridized carbons (Fsp3) is 0.379. The standard InChI is InChI=1S/C29H30Cl2N8O.ClH/c30-21-4-6-24(25(31)13-21)26-18-39-27(14-23(36-39)17-37-8-10-40-11-9-37)29(35-26)38-7-1-2-19(16-38)12-22-5-3-20(15-32)28(33)34-22;/h3-6,13-14,18-19H,1-2,7-12,16-17H2,(H2,33,34);1H. The largest absolute Gasteiger partial charge is 0.383 e. The minimum Gasteiger partial charge on any atom is -0.383 e. The van der Waals surface area contributed by atoms with Crippen molar-refractivity contribution in [3.05, 3.63) is 69.6 Å². The Bertz CT molecular complexity index is 1580. The smallest absolute Gasteiger partial charge is 0.155 e. The summed E-state index contributed by atoms with van der Waals surface area (Å²) in [6.07, 6.45) is 4.85. The first kappa shape index (κ1) is 29.4. The molecule has 1 aromatic carbocycles. The van der Waals surface area contributed by atoms with E-state index in [4.69, 9.17) is 43.8 Å². The second-order valence-corrected chi connectivity index (χ2v) is 11.3. The fourth-order valence-electron chi connectivity index (χ4n) is 5.60. The normalized spacial score (nSPS) is 17.8. The molecule has 2 aliphatic rings. The van der Waals surface area contributed by atoms with Gasteiger partial charge in [0.15, 0.2) is 5.82 Å². The van der Waals surface area contributed by atoms with Crippen molar-refractivity contribution in [3.63, 3.8) is 0 Å². The maximum absolute atomic E-state index is 9.19. The van der Waals surface area contributed by atoms with Gasteiger partial charge in [-0.2, -0.15) is 10.4 Å². The number of piperidine rings is 1. The molecular weight excluding hydrogens is 583 g/mol. The summed E-state index contributed by atoms with van der Waals surface area (Å²) in [6, 6.07) is 13.4. The minimum atomic E-state index is 0. The molecule has 1 unspecified atom stereocenters. The second-order valence-electron chi connectivity index (χ2n) is 10.4. The Morgan fingerprint density at radius 1 is 1.05 bits per heavy atom. The maximum atomic E-state index is 9.19. The van der Waals surface area contributed by atoms with Crippen LogP contribution in [0.3, 0.4) is 0 Å². The highest BCUT2D eigenvalue weighted by atomic mass is 35.5. The Balaban J connectivity index is 0.00000337. The number of aromatic nitrogens is 4. The van der Waals surface area contributed by atoms with Crippen molar-refractivity contribution in [1.82, 2.24) is 24.5 Å². The van der Waals surface area contributed by atoms with E-state index in [9.17, 15) is 5.26 Å². The highest BCUT2D eigenvalue weighted by Crippen LogP contribution is 2.34. The topological polar surface area (TPSA) is 109 Å². The molecule has 41 heavy (non-hydrogen) atoms. The van der Waals surface area contributed by atoms with Crippen LogP contribution in [0.15, 0.2) is 42.6 Å². The predicted molar refractivity (Wildman–Crippen MR) is 164 cm³/mol. The number of pyridine rings is 1. The quantitative estimate of drug-likeness (QED) is 0.314. The number of nitrogens with two attached hydrogens (primary N) is 1. The number of nitrogen functional groups attached to an aromatic ring is 1. The molecule has 4 aromatic rings. The van der Waals surface area contributed by atoms with Crippen LogP contribution in [-0.4, -0.2) is 63.9 Å². The summed E-state index contributed by atoms with van der Waals surface area (Å²) in [6.45, 7) is 5.76. The number of nitrogens with zero attached hydrogens (tertiary/aromatic N) is 7. The van der Waals surface area contributed by atoms with Gasteiger partial charge in [0.05, 0.1) is 41.4 Å². The third kappa shape index (κ3) is 6.53. The molecule has 0 spiro atoms. The first-order valence-electron chi connectivity index (χ1n) is 13.5. The van der Waals surface area contributed by atoms with Crippen LogP contribution in [0.2, 0.25) is 10.0 Å². The molecule has 5 heterocycles. The molecule has 3 aromatic heterocycles.